The number of benzene rings is 1. The second-order valence-corrected chi connectivity index (χ2v) is 4.43. The van der Waals surface area contributed by atoms with E-state index in [1.807, 2.05) is 18.2 Å². The maximum atomic E-state index is 11.8. The quantitative estimate of drug-likeness (QED) is 0.525. The molecule has 0 bridgehead atoms. The van der Waals surface area contributed by atoms with Crippen molar-refractivity contribution in [3.8, 4) is 0 Å². The Hall–Kier alpha value is -2.15. The summed E-state index contributed by atoms with van der Waals surface area (Å²) in [6, 6.07) is 9.12. The van der Waals surface area contributed by atoms with Crippen LogP contribution in [0.3, 0.4) is 0 Å². The van der Waals surface area contributed by atoms with E-state index in [0.717, 1.165) is 0 Å². The van der Waals surface area contributed by atoms with Gasteiger partial charge in [0, 0.05) is 5.56 Å². The van der Waals surface area contributed by atoms with Crippen LogP contribution in [-0.4, -0.2) is 31.3 Å². The second kappa shape index (κ2) is 4.61. The van der Waals surface area contributed by atoms with Crippen LogP contribution in [0.1, 0.15) is 10.4 Å². The number of thioether (sulfide) groups is 1. The van der Waals surface area contributed by atoms with Crippen molar-refractivity contribution in [3.63, 3.8) is 0 Å². The molecule has 90 valence electrons. The van der Waals surface area contributed by atoms with Crippen molar-refractivity contribution >= 4 is 23.4 Å². The van der Waals surface area contributed by atoms with Crippen LogP contribution in [0.2, 0.25) is 0 Å². The molecule has 0 unspecified atom stereocenters. The average molecular weight is 260 g/mol. The Morgan fingerprint density at radius 2 is 2.17 bits per heavy atom. The van der Waals surface area contributed by atoms with Crippen LogP contribution in [0.25, 0.3) is 5.84 Å². The highest BCUT2D eigenvalue weighted by Crippen LogP contribution is 2.18. The molecule has 0 fully saturated rings. The third kappa shape index (κ3) is 2.12. The standard InChI is InChI=1S/C11H8N4O2S/c16-9(8-4-2-1-3-5-8)6-18-11-14-15-7-12-13-10(15)17-11/h1-5,7H,6H2. The van der Waals surface area contributed by atoms with Crippen molar-refractivity contribution in [1.82, 2.24) is 19.8 Å². The first kappa shape index (κ1) is 11.0. The van der Waals surface area contributed by atoms with Crippen LogP contribution in [0.4, 0.5) is 0 Å². The van der Waals surface area contributed by atoms with Gasteiger partial charge in [-0.15, -0.1) is 10.2 Å². The van der Waals surface area contributed by atoms with E-state index in [-0.39, 0.29) is 11.5 Å². The second-order valence-electron chi connectivity index (χ2n) is 3.50. The molecule has 0 atom stereocenters. The summed E-state index contributed by atoms with van der Waals surface area (Å²) in [7, 11) is 0. The van der Waals surface area contributed by atoms with Crippen LogP contribution in [0.5, 0.6) is 0 Å². The van der Waals surface area contributed by atoms with Crippen LogP contribution >= 0.6 is 11.8 Å². The minimum atomic E-state index is 0.0366. The zero-order valence-electron chi connectivity index (χ0n) is 9.18. The summed E-state index contributed by atoms with van der Waals surface area (Å²) in [6.45, 7) is 0. The van der Waals surface area contributed by atoms with Crippen molar-refractivity contribution < 1.29 is 9.21 Å². The van der Waals surface area contributed by atoms with Crippen LogP contribution in [0, 0.1) is 0 Å². The molecule has 0 aliphatic rings. The average Bonchev–Trinajstić information content (AvgIpc) is 2.97. The Morgan fingerprint density at radius 1 is 1.33 bits per heavy atom. The monoisotopic (exact) mass is 260 g/mol. The lowest BCUT2D eigenvalue weighted by molar-refractivity contribution is 0.102. The number of Topliss-reactive ketones (excluding diaryl/α,β-unsaturated/α-hetero) is 1. The molecule has 3 aromatic rings. The van der Waals surface area contributed by atoms with E-state index >= 15 is 0 Å². The summed E-state index contributed by atoms with van der Waals surface area (Å²) < 4.78 is 6.71. The number of carbonyl (C=O) groups is 1. The number of nitrogens with zero attached hydrogens (tertiary/aromatic N) is 4. The molecular formula is C11H8N4O2S. The molecule has 0 radical (unpaired) electrons. The van der Waals surface area contributed by atoms with E-state index < -0.39 is 0 Å². The van der Waals surface area contributed by atoms with Crippen molar-refractivity contribution in [2.45, 2.75) is 5.22 Å². The van der Waals surface area contributed by atoms with Crippen LogP contribution in [-0.2, 0) is 0 Å². The fourth-order valence-corrected chi connectivity index (χ4v) is 2.13. The van der Waals surface area contributed by atoms with Crippen molar-refractivity contribution in [1.29, 1.82) is 0 Å². The third-order valence-corrected chi connectivity index (χ3v) is 3.11. The number of hydrogen-bond donors (Lipinski definition) is 0. The maximum Gasteiger partial charge on any atom is 0.345 e. The summed E-state index contributed by atoms with van der Waals surface area (Å²) in [6.07, 6.45) is 1.45. The van der Waals surface area contributed by atoms with Crippen molar-refractivity contribution in [3.05, 3.63) is 42.2 Å². The molecule has 0 aliphatic carbocycles. The maximum absolute atomic E-state index is 11.8. The predicted molar refractivity (Wildman–Crippen MR) is 64.5 cm³/mol. The first-order valence-electron chi connectivity index (χ1n) is 5.21. The largest absolute Gasteiger partial charge is 0.396 e. The van der Waals surface area contributed by atoms with Crippen molar-refractivity contribution in [2.75, 3.05) is 5.75 Å². The molecule has 7 heteroatoms. The number of carbonyl (C=O) groups excluding carboxylic acids is 1. The molecule has 1 aromatic carbocycles. The molecule has 3 rings (SSSR count). The van der Waals surface area contributed by atoms with Gasteiger partial charge in [-0.2, -0.15) is 4.52 Å². The highest BCUT2D eigenvalue weighted by molar-refractivity contribution is 7.99. The lowest BCUT2D eigenvalue weighted by atomic mass is 10.2. The third-order valence-electron chi connectivity index (χ3n) is 2.29. The fraction of sp³-hybridized carbons (Fsp3) is 0.0909. The number of ketones is 1. The van der Waals surface area contributed by atoms with Crippen molar-refractivity contribution in [2.24, 2.45) is 0 Å². The number of rotatable bonds is 4. The minimum absolute atomic E-state index is 0.0366. The molecule has 0 amide bonds. The first-order chi connectivity index (χ1) is 8.83. The normalized spacial score (nSPS) is 10.9. The van der Waals surface area contributed by atoms with Gasteiger partial charge < -0.3 is 4.42 Å². The Bertz CT molecular complexity index is 648. The topological polar surface area (TPSA) is 73.3 Å². The van der Waals surface area contributed by atoms with E-state index in [4.69, 9.17) is 4.42 Å². The smallest absolute Gasteiger partial charge is 0.345 e. The number of hydrogen-bond acceptors (Lipinski definition) is 6. The first-order valence-corrected chi connectivity index (χ1v) is 6.19. The minimum Gasteiger partial charge on any atom is -0.396 e. The Labute approximate surface area is 106 Å². The molecule has 0 spiro atoms. The molecule has 0 N–H and O–H groups in total. The Kier molecular flexibility index (Phi) is 2.81. The van der Waals surface area contributed by atoms with E-state index in [9.17, 15) is 4.79 Å². The van der Waals surface area contributed by atoms with Gasteiger partial charge in [-0.3, -0.25) is 4.79 Å². The highest BCUT2D eigenvalue weighted by Gasteiger charge is 2.11. The van der Waals surface area contributed by atoms with Gasteiger partial charge in [-0.25, -0.2) is 0 Å². The molecule has 0 saturated heterocycles. The molecule has 6 nitrogen and oxygen atoms in total. The zero-order valence-corrected chi connectivity index (χ0v) is 10.0. The van der Waals surface area contributed by atoms with Gasteiger partial charge >= 0.3 is 5.84 Å². The Morgan fingerprint density at radius 3 is 2.94 bits per heavy atom. The molecule has 18 heavy (non-hydrogen) atoms. The van der Waals surface area contributed by atoms with Gasteiger partial charge in [0.25, 0.3) is 5.22 Å². The van der Waals surface area contributed by atoms with E-state index in [1.54, 1.807) is 12.1 Å². The van der Waals surface area contributed by atoms with Crippen LogP contribution < -0.4 is 0 Å². The number of fused-ring (bicyclic) bond motifs is 1. The molecule has 0 aliphatic heterocycles. The van der Waals surface area contributed by atoms with Gasteiger partial charge in [-0.1, -0.05) is 47.2 Å². The molecule has 2 heterocycles. The summed E-state index contributed by atoms with van der Waals surface area (Å²) in [5.41, 5.74) is 0.683. The zero-order chi connectivity index (χ0) is 12.4. The Balaban J connectivity index is 1.68. The summed E-state index contributed by atoms with van der Waals surface area (Å²) in [4.78, 5) is 11.8. The highest BCUT2D eigenvalue weighted by atomic mass is 32.2. The SMILES string of the molecule is O=C(CSc1nn2cnnc2o1)c1ccccc1. The number of aromatic nitrogens is 4. The molecule has 0 saturated carbocycles. The molecular weight excluding hydrogens is 252 g/mol. The van der Waals surface area contributed by atoms with Gasteiger partial charge in [0.1, 0.15) is 6.33 Å². The van der Waals surface area contributed by atoms with Gasteiger partial charge in [0.05, 0.1) is 5.75 Å². The van der Waals surface area contributed by atoms with E-state index in [1.165, 1.54) is 22.6 Å². The fourth-order valence-electron chi connectivity index (χ4n) is 1.43. The van der Waals surface area contributed by atoms with Gasteiger partial charge in [0.15, 0.2) is 5.78 Å². The van der Waals surface area contributed by atoms with E-state index in [2.05, 4.69) is 15.3 Å². The van der Waals surface area contributed by atoms with Gasteiger partial charge in [-0.05, 0) is 0 Å². The molecule has 2 aromatic heterocycles. The van der Waals surface area contributed by atoms with Crippen LogP contribution in [0.15, 0.2) is 46.3 Å². The van der Waals surface area contributed by atoms with E-state index in [0.29, 0.717) is 16.6 Å². The summed E-state index contributed by atoms with van der Waals surface area (Å²) in [5.74, 6) is 0.639. The lowest BCUT2D eigenvalue weighted by Crippen LogP contribution is -2.01. The summed E-state index contributed by atoms with van der Waals surface area (Å²) >= 11 is 1.24. The van der Waals surface area contributed by atoms with Gasteiger partial charge in [0.2, 0.25) is 0 Å². The predicted octanol–water partition coefficient (Wildman–Crippen LogP) is 1.69. The summed E-state index contributed by atoms with van der Waals surface area (Å²) in [5, 5.41) is 11.8. The lowest BCUT2D eigenvalue weighted by Gasteiger charge is -1.97.